The summed E-state index contributed by atoms with van der Waals surface area (Å²) in [7, 11) is 0. The number of rotatable bonds is 7. The molecule has 0 radical (unpaired) electrons. The van der Waals surface area contributed by atoms with E-state index in [9.17, 15) is 9.59 Å². The highest BCUT2D eigenvalue weighted by atomic mass is 32.1. The second-order valence-electron chi connectivity index (χ2n) is 8.21. The number of thiophene rings is 1. The third-order valence-electron chi connectivity index (χ3n) is 5.90. The van der Waals surface area contributed by atoms with Crippen LogP contribution in [0.1, 0.15) is 48.7 Å². The van der Waals surface area contributed by atoms with E-state index in [2.05, 4.69) is 5.32 Å². The lowest BCUT2D eigenvalue weighted by Gasteiger charge is -2.26. The van der Waals surface area contributed by atoms with Crippen LogP contribution in [0.25, 0.3) is 10.4 Å². The predicted octanol–water partition coefficient (Wildman–Crippen LogP) is 4.10. The van der Waals surface area contributed by atoms with Crippen LogP contribution in [0.5, 0.6) is 5.75 Å². The van der Waals surface area contributed by atoms with Crippen molar-refractivity contribution in [2.75, 3.05) is 26.3 Å². The lowest BCUT2D eigenvalue weighted by Crippen LogP contribution is -2.41. The van der Waals surface area contributed by atoms with Crippen molar-refractivity contribution in [3.63, 3.8) is 0 Å². The van der Waals surface area contributed by atoms with Crippen LogP contribution in [0.15, 0.2) is 36.4 Å². The van der Waals surface area contributed by atoms with E-state index in [-0.39, 0.29) is 30.6 Å². The van der Waals surface area contributed by atoms with Gasteiger partial charge in [0.1, 0.15) is 10.6 Å². The summed E-state index contributed by atoms with van der Waals surface area (Å²) in [5.74, 6) is 0.257. The third kappa shape index (κ3) is 5.46. The van der Waals surface area contributed by atoms with Crippen molar-refractivity contribution in [3.8, 4) is 16.2 Å². The minimum atomic E-state index is -0.185. The molecule has 0 spiro atoms. The first-order valence-corrected chi connectivity index (χ1v) is 12.0. The van der Waals surface area contributed by atoms with E-state index in [0.29, 0.717) is 10.6 Å². The number of amides is 2. The SMILES string of the molecule is CC(NC(=O)c1sc(-c2ccccc2)cc1OCC(=O)N1CCCCC1)C1CCCO1. The van der Waals surface area contributed by atoms with Crippen LogP contribution >= 0.6 is 11.3 Å². The van der Waals surface area contributed by atoms with Gasteiger partial charge in [0.05, 0.1) is 12.1 Å². The standard InChI is InChI=1S/C24H30N2O4S/c1-17(19-11-8-14-29-19)25-24(28)23-20(15-21(31-23)18-9-4-2-5-10-18)30-16-22(27)26-12-6-3-7-13-26/h2,4-5,9-10,15,17,19H,3,6-8,11-14,16H2,1H3,(H,25,28). The van der Waals surface area contributed by atoms with E-state index in [4.69, 9.17) is 9.47 Å². The minimum Gasteiger partial charge on any atom is -0.482 e. The zero-order valence-corrected chi connectivity index (χ0v) is 18.8. The van der Waals surface area contributed by atoms with Gasteiger partial charge in [0, 0.05) is 24.6 Å². The molecule has 2 saturated heterocycles. The number of likely N-dealkylation sites (tertiary alicyclic amines) is 1. The molecule has 2 aromatic rings. The quantitative estimate of drug-likeness (QED) is 0.701. The summed E-state index contributed by atoms with van der Waals surface area (Å²) in [4.78, 5) is 29.0. The van der Waals surface area contributed by atoms with Gasteiger partial charge in [-0.2, -0.15) is 0 Å². The Hall–Kier alpha value is -2.38. The summed E-state index contributed by atoms with van der Waals surface area (Å²) in [6, 6.07) is 11.7. The van der Waals surface area contributed by atoms with Gasteiger partial charge in [0.2, 0.25) is 0 Å². The molecule has 1 aromatic heterocycles. The number of benzene rings is 1. The largest absolute Gasteiger partial charge is 0.482 e. The van der Waals surface area contributed by atoms with Crippen molar-refractivity contribution in [2.45, 2.75) is 51.2 Å². The van der Waals surface area contributed by atoms with E-state index in [1.165, 1.54) is 17.8 Å². The fourth-order valence-corrected chi connectivity index (χ4v) is 5.13. The van der Waals surface area contributed by atoms with Gasteiger partial charge in [0.15, 0.2) is 6.61 Å². The molecule has 4 rings (SSSR count). The maximum atomic E-state index is 13.1. The van der Waals surface area contributed by atoms with E-state index in [0.717, 1.165) is 55.8 Å². The molecular formula is C24H30N2O4S. The normalized spacial score (nSPS) is 19.8. The van der Waals surface area contributed by atoms with Crippen molar-refractivity contribution < 1.29 is 19.1 Å². The smallest absolute Gasteiger partial charge is 0.265 e. The Bertz CT molecular complexity index is 886. The van der Waals surface area contributed by atoms with Gasteiger partial charge in [-0.1, -0.05) is 30.3 Å². The van der Waals surface area contributed by atoms with Gasteiger partial charge >= 0.3 is 0 Å². The molecule has 6 nitrogen and oxygen atoms in total. The fraction of sp³-hybridized carbons (Fsp3) is 0.500. The number of carbonyl (C=O) groups excluding carboxylic acids is 2. The van der Waals surface area contributed by atoms with Crippen molar-refractivity contribution in [1.82, 2.24) is 10.2 Å². The van der Waals surface area contributed by atoms with E-state index in [1.807, 2.05) is 48.2 Å². The maximum absolute atomic E-state index is 13.1. The first-order valence-electron chi connectivity index (χ1n) is 11.1. The average Bonchev–Trinajstić information content (AvgIpc) is 3.49. The van der Waals surface area contributed by atoms with Gasteiger partial charge in [-0.15, -0.1) is 11.3 Å². The van der Waals surface area contributed by atoms with Crippen LogP contribution in [-0.2, 0) is 9.53 Å². The van der Waals surface area contributed by atoms with Crippen molar-refractivity contribution in [2.24, 2.45) is 0 Å². The second-order valence-corrected chi connectivity index (χ2v) is 9.27. The highest BCUT2D eigenvalue weighted by Gasteiger charge is 2.27. The highest BCUT2D eigenvalue weighted by molar-refractivity contribution is 7.17. The fourth-order valence-electron chi connectivity index (χ4n) is 4.12. The summed E-state index contributed by atoms with van der Waals surface area (Å²) in [6.07, 6.45) is 5.27. The summed E-state index contributed by atoms with van der Waals surface area (Å²) in [5, 5.41) is 3.07. The molecular weight excluding hydrogens is 412 g/mol. The molecule has 1 aromatic carbocycles. The number of piperidine rings is 1. The van der Waals surface area contributed by atoms with Crippen LogP contribution in [0.3, 0.4) is 0 Å². The third-order valence-corrected chi connectivity index (χ3v) is 7.07. The Labute approximate surface area is 187 Å². The maximum Gasteiger partial charge on any atom is 0.265 e. The molecule has 166 valence electrons. The second kappa shape index (κ2) is 10.3. The first kappa shape index (κ1) is 21.8. The highest BCUT2D eigenvalue weighted by Crippen LogP contribution is 2.36. The number of carbonyl (C=O) groups is 2. The van der Waals surface area contributed by atoms with E-state index >= 15 is 0 Å². The Morgan fingerprint density at radius 2 is 1.97 bits per heavy atom. The number of ether oxygens (including phenoxy) is 2. The zero-order valence-electron chi connectivity index (χ0n) is 18.0. The number of hydrogen-bond acceptors (Lipinski definition) is 5. The molecule has 2 amide bonds. The topological polar surface area (TPSA) is 67.9 Å². The molecule has 7 heteroatoms. The Morgan fingerprint density at radius 1 is 1.19 bits per heavy atom. The van der Waals surface area contributed by atoms with Gasteiger partial charge in [-0.3, -0.25) is 9.59 Å². The van der Waals surface area contributed by atoms with Crippen LogP contribution in [0, 0.1) is 0 Å². The van der Waals surface area contributed by atoms with E-state index in [1.54, 1.807) is 0 Å². The lowest BCUT2D eigenvalue weighted by atomic mass is 10.1. The van der Waals surface area contributed by atoms with Crippen LogP contribution in [0.2, 0.25) is 0 Å². The minimum absolute atomic E-state index is 0.0220. The Morgan fingerprint density at radius 3 is 2.68 bits per heavy atom. The van der Waals surface area contributed by atoms with Crippen LogP contribution < -0.4 is 10.1 Å². The summed E-state index contributed by atoms with van der Waals surface area (Å²) in [5.41, 5.74) is 1.02. The van der Waals surface area contributed by atoms with E-state index < -0.39 is 0 Å². The Kier molecular flexibility index (Phi) is 7.25. The number of nitrogens with zero attached hydrogens (tertiary/aromatic N) is 1. The van der Waals surface area contributed by atoms with Gasteiger partial charge in [-0.05, 0) is 50.7 Å². The molecule has 1 N–H and O–H groups in total. The van der Waals surface area contributed by atoms with Crippen LogP contribution in [0.4, 0.5) is 0 Å². The first-order chi connectivity index (χ1) is 15.1. The lowest BCUT2D eigenvalue weighted by molar-refractivity contribution is -0.134. The number of hydrogen-bond donors (Lipinski definition) is 1. The molecule has 2 fully saturated rings. The summed E-state index contributed by atoms with van der Waals surface area (Å²) < 4.78 is 11.6. The predicted molar refractivity (Wildman–Crippen MR) is 122 cm³/mol. The Balaban J connectivity index is 1.50. The number of nitrogens with one attached hydrogen (secondary N) is 1. The van der Waals surface area contributed by atoms with Crippen LogP contribution in [-0.4, -0.2) is 55.2 Å². The summed E-state index contributed by atoms with van der Waals surface area (Å²) >= 11 is 1.39. The molecule has 3 heterocycles. The van der Waals surface area contributed by atoms with Crippen molar-refractivity contribution >= 4 is 23.2 Å². The molecule has 0 saturated carbocycles. The monoisotopic (exact) mass is 442 g/mol. The molecule has 2 aliphatic heterocycles. The van der Waals surface area contributed by atoms with Gasteiger partial charge < -0.3 is 19.7 Å². The van der Waals surface area contributed by atoms with Gasteiger partial charge in [-0.25, -0.2) is 0 Å². The molecule has 0 aliphatic carbocycles. The van der Waals surface area contributed by atoms with Crippen molar-refractivity contribution in [1.29, 1.82) is 0 Å². The average molecular weight is 443 g/mol. The van der Waals surface area contributed by atoms with Crippen molar-refractivity contribution in [3.05, 3.63) is 41.3 Å². The zero-order chi connectivity index (χ0) is 21.6. The molecule has 2 atom stereocenters. The molecule has 0 bridgehead atoms. The molecule has 2 unspecified atom stereocenters. The molecule has 31 heavy (non-hydrogen) atoms. The molecule has 2 aliphatic rings. The summed E-state index contributed by atoms with van der Waals surface area (Å²) in [6.45, 7) is 4.24. The van der Waals surface area contributed by atoms with Gasteiger partial charge in [0.25, 0.3) is 11.8 Å².